The molecular weight excluding hydrogens is 450 g/mol. The molecule has 2 saturated heterocycles. The molecule has 7 nitrogen and oxygen atoms in total. The lowest BCUT2D eigenvalue weighted by molar-refractivity contribution is -0.136. The van der Waals surface area contributed by atoms with Crippen LogP contribution in [0.15, 0.2) is 54.6 Å². The summed E-state index contributed by atoms with van der Waals surface area (Å²) in [5, 5.41) is 0. The van der Waals surface area contributed by atoms with Gasteiger partial charge in [0.05, 0.1) is 11.6 Å². The van der Waals surface area contributed by atoms with E-state index in [1.54, 1.807) is 0 Å². The lowest BCUT2D eigenvalue weighted by atomic mass is 10.0. The number of rotatable bonds is 5. The number of nitrogens with zero attached hydrogens (tertiary/aromatic N) is 5. The maximum atomic E-state index is 13.4. The molecule has 7 heteroatoms. The van der Waals surface area contributed by atoms with Crippen LogP contribution in [0, 0.1) is 19.8 Å². The topological polar surface area (TPSA) is 69.6 Å². The second-order valence-corrected chi connectivity index (χ2v) is 9.68. The van der Waals surface area contributed by atoms with Crippen molar-refractivity contribution in [2.75, 3.05) is 42.5 Å². The van der Waals surface area contributed by atoms with E-state index in [0.717, 1.165) is 46.1 Å². The zero-order valence-corrected chi connectivity index (χ0v) is 21.3. The molecule has 1 aromatic heterocycles. The van der Waals surface area contributed by atoms with Gasteiger partial charge < -0.3 is 14.7 Å². The van der Waals surface area contributed by atoms with Gasteiger partial charge in [-0.25, -0.2) is 9.97 Å². The SMILES string of the molecule is CCc1cccc(C)c1N1CC(C(=O)N2CCN(c3cc(-c4ccccc4)nc(C)n3)CC2)CC1=O. The van der Waals surface area contributed by atoms with E-state index in [-0.39, 0.29) is 24.2 Å². The minimum absolute atomic E-state index is 0.0425. The van der Waals surface area contributed by atoms with Gasteiger partial charge in [0.15, 0.2) is 0 Å². The summed E-state index contributed by atoms with van der Waals surface area (Å²) in [6, 6.07) is 18.3. The Balaban J connectivity index is 1.25. The molecule has 3 heterocycles. The molecule has 5 rings (SSSR count). The molecular formula is C29H33N5O2. The van der Waals surface area contributed by atoms with Gasteiger partial charge in [-0.3, -0.25) is 9.59 Å². The molecule has 0 radical (unpaired) electrons. The van der Waals surface area contributed by atoms with Crippen molar-refractivity contribution in [3.05, 3.63) is 71.5 Å². The fourth-order valence-corrected chi connectivity index (χ4v) is 5.37. The number of carbonyl (C=O) groups is 2. The lowest BCUT2D eigenvalue weighted by Gasteiger charge is -2.36. The molecule has 2 amide bonds. The van der Waals surface area contributed by atoms with Gasteiger partial charge in [-0.05, 0) is 31.4 Å². The van der Waals surface area contributed by atoms with Crippen LogP contribution in [0.3, 0.4) is 0 Å². The van der Waals surface area contributed by atoms with E-state index < -0.39 is 0 Å². The number of hydrogen-bond acceptors (Lipinski definition) is 5. The molecule has 186 valence electrons. The summed E-state index contributed by atoms with van der Waals surface area (Å²) in [6.07, 6.45) is 1.14. The van der Waals surface area contributed by atoms with Gasteiger partial charge in [0.2, 0.25) is 11.8 Å². The summed E-state index contributed by atoms with van der Waals surface area (Å²) >= 11 is 0. The minimum Gasteiger partial charge on any atom is -0.353 e. The van der Waals surface area contributed by atoms with Crippen LogP contribution in [0.4, 0.5) is 11.5 Å². The van der Waals surface area contributed by atoms with Crippen molar-refractivity contribution in [1.82, 2.24) is 14.9 Å². The molecule has 1 atom stereocenters. The predicted octanol–water partition coefficient (Wildman–Crippen LogP) is 4.02. The Morgan fingerprint density at radius 3 is 2.44 bits per heavy atom. The first kappa shape index (κ1) is 24.0. The van der Waals surface area contributed by atoms with E-state index in [1.165, 1.54) is 0 Å². The number of aromatic nitrogens is 2. The third-order valence-electron chi connectivity index (χ3n) is 7.26. The second kappa shape index (κ2) is 10.1. The highest BCUT2D eigenvalue weighted by atomic mass is 16.2. The normalized spacial score (nSPS) is 18.1. The fraction of sp³-hybridized carbons (Fsp3) is 0.379. The zero-order chi connectivity index (χ0) is 25.2. The first-order valence-electron chi connectivity index (χ1n) is 12.8. The highest BCUT2D eigenvalue weighted by Crippen LogP contribution is 2.32. The summed E-state index contributed by atoms with van der Waals surface area (Å²) in [5.74, 6) is 1.46. The van der Waals surface area contributed by atoms with Crippen LogP contribution in [-0.2, 0) is 16.0 Å². The fourth-order valence-electron chi connectivity index (χ4n) is 5.37. The Bertz CT molecular complexity index is 1270. The van der Waals surface area contributed by atoms with Crippen molar-refractivity contribution in [2.45, 2.75) is 33.6 Å². The van der Waals surface area contributed by atoms with Gasteiger partial charge in [0, 0.05) is 56.5 Å². The van der Waals surface area contributed by atoms with E-state index in [4.69, 9.17) is 0 Å². The van der Waals surface area contributed by atoms with E-state index in [1.807, 2.05) is 60.0 Å². The van der Waals surface area contributed by atoms with Crippen molar-refractivity contribution in [3.63, 3.8) is 0 Å². The van der Waals surface area contributed by atoms with E-state index in [9.17, 15) is 9.59 Å². The standard InChI is InChI=1S/C29H33N5O2/c1-4-22-12-8-9-20(2)28(22)34-19-24(17-27(34)35)29(36)33-15-13-32(14-16-33)26-18-25(30-21(3)31-26)23-10-6-5-7-11-23/h5-12,18,24H,4,13-17,19H2,1-3H3. The van der Waals surface area contributed by atoms with Crippen molar-refractivity contribution in [3.8, 4) is 11.3 Å². The van der Waals surface area contributed by atoms with Gasteiger partial charge in [-0.2, -0.15) is 0 Å². The molecule has 3 aromatic rings. The first-order chi connectivity index (χ1) is 17.4. The molecule has 36 heavy (non-hydrogen) atoms. The number of piperazine rings is 1. The van der Waals surface area contributed by atoms with Crippen LogP contribution >= 0.6 is 0 Å². The van der Waals surface area contributed by atoms with E-state index in [2.05, 4.69) is 40.0 Å². The molecule has 0 spiro atoms. The van der Waals surface area contributed by atoms with Crippen LogP contribution in [0.2, 0.25) is 0 Å². The molecule has 1 unspecified atom stereocenters. The maximum absolute atomic E-state index is 13.4. The summed E-state index contributed by atoms with van der Waals surface area (Å²) in [5.41, 5.74) is 5.19. The lowest BCUT2D eigenvalue weighted by Crippen LogP contribution is -2.51. The molecule has 2 aliphatic rings. The van der Waals surface area contributed by atoms with Crippen LogP contribution in [0.1, 0.15) is 30.3 Å². The monoisotopic (exact) mass is 483 g/mol. The molecule has 0 bridgehead atoms. The number of amides is 2. The van der Waals surface area contributed by atoms with E-state index in [0.29, 0.717) is 32.7 Å². The summed E-state index contributed by atoms with van der Waals surface area (Å²) < 4.78 is 0. The van der Waals surface area contributed by atoms with E-state index >= 15 is 0 Å². The van der Waals surface area contributed by atoms with Crippen LogP contribution in [-0.4, -0.2) is 59.4 Å². The number of carbonyl (C=O) groups excluding carboxylic acids is 2. The summed E-state index contributed by atoms with van der Waals surface area (Å²) in [6.45, 7) is 9.17. The molecule has 0 N–H and O–H groups in total. The first-order valence-corrected chi connectivity index (χ1v) is 12.8. The maximum Gasteiger partial charge on any atom is 0.228 e. The highest BCUT2D eigenvalue weighted by Gasteiger charge is 2.39. The molecule has 2 aliphatic heterocycles. The Labute approximate surface area is 212 Å². The highest BCUT2D eigenvalue weighted by molar-refractivity contribution is 6.01. The number of hydrogen-bond donors (Lipinski definition) is 0. The van der Waals surface area contributed by atoms with Crippen molar-refractivity contribution in [1.29, 1.82) is 0 Å². The Kier molecular flexibility index (Phi) is 6.72. The van der Waals surface area contributed by atoms with Gasteiger partial charge in [-0.1, -0.05) is 55.5 Å². The average Bonchev–Trinajstić information content (AvgIpc) is 3.29. The van der Waals surface area contributed by atoms with Crippen molar-refractivity contribution < 1.29 is 9.59 Å². The third kappa shape index (κ3) is 4.70. The van der Waals surface area contributed by atoms with Gasteiger partial charge in [0.1, 0.15) is 11.6 Å². The Hall–Kier alpha value is -3.74. The smallest absolute Gasteiger partial charge is 0.228 e. The molecule has 2 fully saturated rings. The number of anilines is 2. The average molecular weight is 484 g/mol. The number of benzene rings is 2. The quantitative estimate of drug-likeness (QED) is 0.548. The van der Waals surface area contributed by atoms with Crippen molar-refractivity contribution in [2.24, 2.45) is 5.92 Å². The van der Waals surface area contributed by atoms with Crippen LogP contribution in [0.25, 0.3) is 11.3 Å². The van der Waals surface area contributed by atoms with Gasteiger partial charge >= 0.3 is 0 Å². The van der Waals surface area contributed by atoms with Gasteiger partial charge in [-0.15, -0.1) is 0 Å². The largest absolute Gasteiger partial charge is 0.353 e. The second-order valence-electron chi connectivity index (χ2n) is 9.68. The Morgan fingerprint density at radius 2 is 1.72 bits per heavy atom. The summed E-state index contributed by atoms with van der Waals surface area (Å²) in [4.78, 5) is 41.6. The number of aryl methyl sites for hydroxylation is 3. The van der Waals surface area contributed by atoms with Crippen molar-refractivity contribution >= 4 is 23.3 Å². The van der Waals surface area contributed by atoms with Crippen LogP contribution in [0.5, 0.6) is 0 Å². The Morgan fingerprint density at radius 1 is 0.972 bits per heavy atom. The number of para-hydroxylation sites is 1. The zero-order valence-electron chi connectivity index (χ0n) is 21.3. The van der Waals surface area contributed by atoms with Gasteiger partial charge in [0.25, 0.3) is 0 Å². The van der Waals surface area contributed by atoms with Crippen LogP contribution < -0.4 is 9.80 Å². The molecule has 2 aromatic carbocycles. The molecule has 0 aliphatic carbocycles. The summed E-state index contributed by atoms with van der Waals surface area (Å²) in [7, 11) is 0. The minimum atomic E-state index is -0.292. The molecule has 0 saturated carbocycles. The third-order valence-corrected chi connectivity index (χ3v) is 7.26. The predicted molar refractivity (Wildman–Crippen MR) is 142 cm³/mol.